The molecule has 1 heterocycles. The highest BCUT2D eigenvalue weighted by atomic mass is 19.1. The Balaban J connectivity index is 1.34. The van der Waals surface area contributed by atoms with Crippen LogP contribution in [0.15, 0.2) is 24.3 Å². The molecule has 3 aliphatic rings. The fourth-order valence-corrected chi connectivity index (χ4v) is 5.54. The summed E-state index contributed by atoms with van der Waals surface area (Å²) < 4.78 is 13.4. The number of imide groups is 1. The normalized spacial score (nSPS) is 22.4. The highest BCUT2D eigenvalue weighted by Crippen LogP contribution is 2.39. The molecule has 31 heavy (non-hydrogen) atoms. The van der Waals surface area contributed by atoms with Crippen LogP contribution in [0.4, 0.5) is 9.18 Å². The van der Waals surface area contributed by atoms with Gasteiger partial charge in [0.2, 0.25) is 5.91 Å². The highest BCUT2D eigenvalue weighted by Gasteiger charge is 2.51. The van der Waals surface area contributed by atoms with E-state index in [1.54, 1.807) is 0 Å². The van der Waals surface area contributed by atoms with Gasteiger partial charge in [-0.1, -0.05) is 50.7 Å². The summed E-state index contributed by atoms with van der Waals surface area (Å²) in [6.45, 7) is 0.587. The predicted molar refractivity (Wildman–Crippen MR) is 115 cm³/mol. The van der Waals surface area contributed by atoms with Crippen LogP contribution < -0.4 is 10.6 Å². The predicted octanol–water partition coefficient (Wildman–Crippen LogP) is 3.79. The van der Waals surface area contributed by atoms with E-state index in [-0.39, 0.29) is 42.0 Å². The maximum Gasteiger partial charge on any atom is 0.325 e. The lowest BCUT2D eigenvalue weighted by atomic mass is 9.69. The SMILES string of the molecule is O=C(CCN1C(=O)NC2(CCCCC2)C1=O)NCC1(c2ccc(F)cc2)CCCCC1. The van der Waals surface area contributed by atoms with E-state index in [0.717, 1.165) is 50.5 Å². The van der Waals surface area contributed by atoms with Crippen LogP contribution in [0, 0.1) is 5.82 Å². The number of urea groups is 1. The molecular formula is C24H32FN3O3. The van der Waals surface area contributed by atoms with Gasteiger partial charge in [0.1, 0.15) is 11.4 Å². The van der Waals surface area contributed by atoms with Crippen LogP contribution >= 0.6 is 0 Å². The summed E-state index contributed by atoms with van der Waals surface area (Å²) in [6, 6.07) is 6.22. The molecule has 2 N–H and O–H groups in total. The van der Waals surface area contributed by atoms with Gasteiger partial charge in [0.25, 0.3) is 5.91 Å². The number of nitrogens with one attached hydrogen (secondary N) is 2. The topological polar surface area (TPSA) is 78.5 Å². The fraction of sp³-hybridized carbons (Fsp3) is 0.625. The van der Waals surface area contributed by atoms with E-state index < -0.39 is 5.54 Å². The first-order chi connectivity index (χ1) is 14.9. The van der Waals surface area contributed by atoms with Crippen molar-refractivity contribution in [2.45, 2.75) is 81.6 Å². The zero-order valence-corrected chi connectivity index (χ0v) is 18.1. The van der Waals surface area contributed by atoms with E-state index in [4.69, 9.17) is 0 Å². The van der Waals surface area contributed by atoms with Gasteiger partial charge in [-0.2, -0.15) is 0 Å². The van der Waals surface area contributed by atoms with Crippen molar-refractivity contribution >= 4 is 17.8 Å². The smallest absolute Gasteiger partial charge is 0.325 e. The van der Waals surface area contributed by atoms with Gasteiger partial charge in [-0.15, -0.1) is 0 Å². The molecule has 1 aromatic carbocycles. The van der Waals surface area contributed by atoms with Crippen LogP contribution in [0.25, 0.3) is 0 Å². The standard InChI is InChI=1S/C24H32FN3O3/c25-19-9-7-18(8-10-19)23(12-3-1-4-13-23)17-26-20(29)11-16-28-21(30)24(27-22(28)31)14-5-2-6-15-24/h7-10H,1-6,11-17H2,(H,26,29)(H,27,31). The summed E-state index contributed by atoms with van der Waals surface area (Å²) >= 11 is 0. The highest BCUT2D eigenvalue weighted by molar-refractivity contribution is 6.07. The fourth-order valence-electron chi connectivity index (χ4n) is 5.54. The summed E-state index contributed by atoms with van der Waals surface area (Å²) in [4.78, 5) is 39.0. The van der Waals surface area contributed by atoms with Crippen LogP contribution in [-0.2, 0) is 15.0 Å². The van der Waals surface area contributed by atoms with Crippen molar-refractivity contribution in [3.8, 4) is 0 Å². The Bertz CT molecular complexity index is 827. The van der Waals surface area contributed by atoms with Gasteiger partial charge < -0.3 is 10.6 Å². The Morgan fingerprint density at radius 3 is 2.23 bits per heavy atom. The Morgan fingerprint density at radius 2 is 1.58 bits per heavy atom. The van der Waals surface area contributed by atoms with Crippen molar-refractivity contribution in [3.63, 3.8) is 0 Å². The molecule has 1 spiro atoms. The van der Waals surface area contributed by atoms with Gasteiger partial charge in [0, 0.05) is 24.9 Å². The number of amides is 4. The molecule has 0 bridgehead atoms. The lowest BCUT2D eigenvalue weighted by Gasteiger charge is -2.38. The first kappa shape index (κ1) is 21.8. The van der Waals surface area contributed by atoms with Crippen molar-refractivity contribution in [2.75, 3.05) is 13.1 Å². The second-order valence-electron chi connectivity index (χ2n) is 9.40. The molecule has 1 saturated heterocycles. The largest absolute Gasteiger partial charge is 0.355 e. The van der Waals surface area contributed by atoms with Gasteiger partial charge in [-0.25, -0.2) is 9.18 Å². The third-order valence-electron chi connectivity index (χ3n) is 7.41. The Labute approximate surface area is 182 Å². The Hall–Kier alpha value is -2.44. The number of halogens is 1. The van der Waals surface area contributed by atoms with Crippen LogP contribution in [0.3, 0.4) is 0 Å². The number of hydrogen-bond acceptors (Lipinski definition) is 3. The summed E-state index contributed by atoms with van der Waals surface area (Å²) in [5.41, 5.74) is 0.122. The van der Waals surface area contributed by atoms with Crippen molar-refractivity contribution in [1.82, 2.24) is 15.5 Å². The van der Waals surface area contributed by atoms with E-state index in [2.05, 4.69) is 10.6 Å². The molecule has 168 valence electrons. The maximum atomic E-state index is 13.4. The van der Waals surface area contributed by atoms with E-state index in [1.807, 2.05) is 12.1 Å². The van der Waals surface area contributed by atoms with Gasteiger partial charge in [-0.05, 0) is 43.4 Å². The summed E-state index contributed by atoms with van der Waals surface area (Å²) in [7, 11) is 0. The number of carbonyl (C=O) groups excluding carboxylic acids is 3. The van der Waals surface area contributed by atoms with Gasteiger partial charge in [0.05, 0.1) is 0 Å². The molecule has 1 aliphatic heterocycles. The minimum absolute atomic E-state index is 0.0920. The minimum atomic E-state index is -0.749. The number of benzene rings is 1. The molecule has 2 aliphatic carbocycles. The number of carbonyl (C=O) groups is 3. The molecule has 2 saturated carbocycles. The zero-order valence-electron chi connectivity index (χ0n) is 18.1. The van der Waals surface area contributed by atoms with Crippen molar-refractivity contribution in [1.29, 1.82) is 0 Å². The molecule has 4 amide bonds. The van der Waals surface area contributed by atoms with Crippen LogP contribution in [0.5, 0.6) is 0 Å². The molecule has 0 atom stereocenters. The summed E-state index contributed by atoms with van der Waals surface area (Å²) in [6.07, 6.45) is 9.65. The quantitative estimate of drug-likeness (QED) is 0.676. The van der Waals surface area contributed by atoms with Gasteiger partial charge in [0.15, 0.2) is 0 Å². The molecule has 4 rings (SSSR count). The van der Waals surface area contributed by atoms with E-state index >= 15 is 0 Å². The molecule has 7 heteroatoms. The molecule has 6 nitrogen and oxygen atoms in total. The first-order valence-electron chi connectivity index (χ1n) is 11.6. The minimum Gasteiger partial charge on any atom is -0.355 e. The molecule has 0 unspecified atom stereocenters. The lowest BCUT2D eigenvalue weighted by Crippen LogP contribution is -2.48. The molecule has 3 fully saturated rings. The molecule has 1 aromatic rings. The third-order valence-corrected chi connectivity index (χ3v) is 7.41. The van der Waals surface area contributed by atoms with Crippen molar-refractivity contribution in [3.05, 3.63) is 35.6 Å². The third kappa shape index (κ3) is 4.46. The molecule has 0 radical (unpaired) electrons. The average molecular weight is 430 g/mol. The summed E-state index contributed by atoms with van der Waals surface area (Å²) in [5, 5.41) is 5.91. The van der Waals surface area contributed by atoms with Crippen LogP contribution in [-0.4, -0.2) is 41.4 Å². The van der Waals surface area contributed by atoms with E-state index in [9.17, 15) is 18.8 Å². The zero-order chi connectivity index (χ0) is 21.9. The van der Waals surface area contributed by atoms with Crippen molar-refractivity contribution in [2.24, 2.45) is 0 Å². The molecule has 0 aromatic heterocycles. The Morgan fingerprint density at radius 1 is 0.968 bits per heavy atom. The van der Waals surface area contributed by atoms with E-state index in [0.29, 0.717) is 19.4 Å². The second kappa shape index (κ2) is 8.97. The lowest BCUT2D eigenvalue weighted by molar-refractivity contribution is -0.132. The van der Waals surface area contributed by atoms with Crippen LogP contribution in [0.1, 0.15) is 76.2 Å². The van der Waals surface area contributed by atoms with Crippen LogP contribution in [0.2, 0.25) is 0 Å². The van der Waals surface area contributed by atoms with E-state index in [1.165, 1.54) is 23.5 Å². The van der Waals surface area contributed by atoms with Gasteiger partial charge in [-0.3, -0.25) is 14.5 Å². The maximum absolute atomic E-state index is 13.4. The molecular weight excluding hydrogens is 397 g/mol. The van der Waals surface area contributed by atoms with Gasteiger partial charge >= 0.3 is 6.03 Å². The monoisotopic (exact) mass is 429 g/mol. The average Bonchev–Trinajstić information content (AvgIpc) is 3.01. The number of rotatable bonds is 6. The first-order valence-corrected chi connectivity index (χ1v) is 11.6. The number of nitrogens with zero attached hydrogens (tertiary/aromatic N) is 1. The summed E-state index contributed by atoms with van der Waals surface area (Å²) in [5.74, 6) is -0.611. The Kier molecular flexibility index (Phi) is 6.30. The second-order valence-corrected chi connectivity index (χ2v) is 9.40. The van der Waals surface area contributed by atoms with Crippen molar-refractivity contribution < 1.29 is 18.8 Å². The number of hydrogen-bond donors (Lipinski definition) is 2.